The van der Waals surface area contributed by atoms with Crippen molar-refractivity contribution < 1.29 is 13.0 Å². The van der Waals surface area contributed by atoms with Gasteiger partial charge in [0, 0.05) is 23.7 Å². The van der Waals surface area contributed by atoms with Crippen molar-refractivity contribution in [2.45, 2.75) is 30.4 Å². The topological polar surface area (TPSA) is 80.8 Å². The van der Waals surface area contributed by atoms with E-state index in [1.165, 1.54) is 12.3 Å². The van der Waals surface area contributed by atoms with Gasteiger partial charge in [-0.3, -0.25) is 0 Å². The van der Waals surface area contributed by atoms with E-state index in [0.29, 0.717) is 5.82 Å². The van der Waals surface area contributed by atoms with E-state index in [1.54, 1.807) is 35.4 Å². The molecule has 1 atom stereocenters. The standard InChI is InChI=1S/C19H15ClF2N4OS/c20-19(21,22)28(27)17(11-24)15-9-16(13-5-1-2-6-13)26(12-14(15)10-23)18-7-3-4-8-25-18/h3-4,7-9,12-13H,1-2,5-6H2/b17-15+. The second-order valence-electron chi connectivity index (χ2n) is 6.33. The quantitative estimate of drug-likeness (QED) is 0.521. The number of hydrogen-bond acceptors (Lipinski definition) is 5. The summed E-state index contributed by atoms with van der Waals surface area (Å²) in [6.07, 6.45) is 8.36. The van der Waals surface area contributed by atoms with Crippen molar-refractivity contribution in [1.82, 2.24) is 4.98 Å². The normalized spacial score (nSPS) is 20.7. The zero-order valence-corrected chi connectivity index (χ0v) is 16.2. The number of pyridine rings is 1. The van der Waals surface area contributed by atoms with E-state index in [4.69, 9.17) is 11.6 Å². The summed E-state index contributed by atoms with van der Waals surface area (Å²) in [5, 5.41) is 18.9. The number of alkyl halides is 3. The highest BCUT2D eigenvalue weighted by molar-refractivity contribution is 7.91. The zero-order valence-electron chi connectivity index (χ0n) is 14.6. The van der Waals surface area contributed by atoms with Crippen LogP contribution in [0.1, 0.15) is 25.7 Å². The maximum absolute atomic E-state index is 13.4. The highest BCUT2D eigenvalue weighted by Gasteiger charge is 2.39. The molecule has 3 rings (SSSR count). The molecule has 1 aliphatic heterocycles. The minimum Gasteiger partial charge on any atom is -0.304 e. The zero-order chi connectivity index (χ0) is 20.3. The minimum absolute atomic E-state index is 0.0572. The average molecular weight is 421 g/mol. The Morgan fingerprint density at radius 3 is 2.57 bits per heavy atom. The van der Waals surface area contributed by atoms with E-state index in [2.05, 4.69) is 4.98 Å². The molecular weight excluding hydrogens is 406 g/mol. The van der Waals surface area contributed by atoms with E-state index in [1.807, 2.05) is 6.07 Å². The molecule has 144 valence electrons. The molecule has 1 aliphatic carbocycles. The molecule has 0 N–H and O–H groups in total. The van der Waals surface area contributed by atoms with Crippen LogP contribution in [0.4, 0.5) is 14.6 Å². The largest absolute Gasteiger partial charge is 0.403 e. The first-order chi connectivity index (χ1) is 13.4. The van der Waals surface area contributed by atoms with Gasteiger partial charge in [-0.05, 0) is 48.6 Å². The number of rotatable bonds is 4. The van der Waals surface area contributed by atoms with Crippen LogP contribution in [-0.2, 0) is 10.8 Å². The van der Waals surface area contributed by atoms with Crippen LogP contribution in [0.3, 0.4) is 0 Å². The Bertz CT molecular complexity index is 964. The highest BCUT2D eigenvalue weighted by Crippen LogP contribution is 2.40. The van der Waals surface area contributed by atoms with Crippen LogP contribution in [0.5, 0.6) is 0 Å². The fourth-order valence-electron chi connectivity index (χ4n) is 3.39. The van der Waals surface area contributed by atoms with Gasteiger partial charge in [0.15, 0.2) is 10.8 Å². The molecule has 28 heavy (non-hydrogen) atoms. The van der Waals surface area contributed by atoms with Crippen LogP contribution >= 0.6 is 11.6 Å². The third-order valence-corrected chi connectivity index (χ3v) is 6.17. The molecule has 2 aliphatic rings. The van der Waals surface area contributed by atoms with Crippen LogP contribution in [0, 0.1) is 28.6 Å². The Morgan fingerprint density at radius 2 is 2.04 bits per heavy atom. The molecule has 0 amide bonds. The summed E-state index contributed by atoms with van der Waals surface area (Å²) in [5.41, 5.74) is 0.587. The Labute approximate surface area is 168 Å². The fraction of sp³-hybridized carbons (Fsp3) is 0.316. The maximum Gasteiger partial charge on any atom is 0.403 e. The molecule has 1 aromatic rings. The highest BCUT2D eigenvalue weighted by atomic mass is 35.5. The number of nitriles is 2. The molecule has 0 bridgehead atoms. The Hall–Kier alpha value is -2.55. The lowest BCUT2D eigenvalue weighted by molar-refractivity contribution is 0.196. The summed E-state index contributed by atoms with van der Waals surface area (Å²) in [6.45, 7) is 0. The molecule has 0 spiro atoms. The smallest absolute Gasteiger partial charge is 0.304 e. The maximum atomic E-state index is 13.4. The Balaban J connectivity index is 2.19. The van der Waals surface area contributed by atoms with Crippen molar-refractivity contribution in [1.29, 1.82) is 10.5 Å². The van der Waals surface area contributed by atoms with Crippen molar-refractivity contribution in [2.24, 2.45) is 5.92 Å². The van der Waals surface area contributed by atoms with E-state index < -0.39 is 20.4 Å². The molecule has 1 unspecified atom stereocenters. The molecule has 1 fully saturated rings. The predicted octanol–water partition coefficient (Wildman–Crippen LogP) is 4.70. The summed E-state index contributed by atoms with van der Waals surface area (Å²) < 4.78 is 34.8. The second kappa shape index (κ2) is 8.22. The third kappa shape index (κ3) is 3.99. The molecule has 0 aromatic carbocycles. The summed E-state index contributed by atoms with van der Waals surface area (Å²) in [4.78, 5) is 5.32. The van der Waals surface area contributed by atoms with Gasteiger partial charge in [-0.25, -0.2) is 9.19 Å². The van der Waals surface area contributed by atoms with E-state index in [9.17, 15) is 23.5 Å². The van der Waals surface area contributed by atoms with Crippen LogP contribution < -0.4 is 4.90 Å². The summed E-state index contributed by atoms with van der Waals surface area (Å²) in [5.74, 6) is 0.674. The second-order valence-corrected chi connectivity index (χ2v) is 8.49. The van der Waals surface area contributed by atoms with Crippen molar-refractivity contribution in [2.75, 3.05) is 4.90 Å². The van der Waals surface area contributed by atoms with Gasteiger partial charge in [0.1, 0.15) is 22.9 Å². The van der Waals surface area contributed by atoms with Crippen LogP contribution in [0.2, 0.25) is 0 Å². The van der Waals surface area contributed by atoms with Crippen LogP contribution in [0.15, 0.2) is 58.4 Å². The molecule has 5 nitrogen and oxygen atoms in total. The Morgan fingerprint density at radius 1 is 1.32 bits per heavy atom. The van der Waals surface area contributed by atoms with Gasteiger partial charge < -0.3 is 4.90 Å². The molecule has 0 saturated heterocycles. The van der Waals surface area contributed by atoms with Crippen molar-refractivity contribution in [3.05, 3.63) is 58.4 Å². The van der Waals surface area contributed by atoms with Crippen LogP contribution in [0.25, 0.3) is 0 Å². The molecule has 1 saturated carbocycles. The first kappa shape index (κ1) is 20.2. The molecular formula is C19H15ClF2N4OS. The number of allylic oxidation sites excluding steroid dienone is 5. The van der Waals surface area contributed by atoms with Gasteiger partial charge in [-0.15, -0.1) is 0 Å². The molecule has 1 aromatic heterocycles. The van der Waals surface area contributed by atoms with Crippen molar-refractivity contribution in [3.63, 3.8) is 0 Å². The monoisotopic (exact) mass is 420 g/mol. The van der Waals surface area contributed by atoms with Gasteiger partial charge in [-0.2, -0.15) is 19.3 Å². The van der Waals surface area contributed by atoms with E-state index >= 15 is 0 Å². The fourth-order valence-corrected chi connectivity index (χ4v) is 4.31. The lowest BCUT2D eigenvalue weighted by atomic mass is 9.94. The lowest BCUT2D eigenvalue weighted by Crippen LogP contribution is -2.26. The summed E-state index contributed by atoms with van der Waals surface area (Å²) in [7, 11) is -3.09. The molecule has 2 heterocycles. The summed E-state index contributed by atoms with van der Waals surface area (Å²) >= 11 is 4.89. The SMILES string of the molecule is N#CC1=CN(c2ccccn2)C(C2CCCC2)=C/C1=C(/C#N)S(=O)C(F)(F)Cl. The molecule has 9 heteroatoms. The lowest BCUT2D eigenvalue weighted by Gasteiger charge is -2.31. The third-order valence-electron chi connectivity index (χ3n) is 4.65. The van der Waals surface area contributed by atoms with Crippen molar-refractivity contribution in [3.8, 4) is 12.1 Å². The number of nitrogens with zero attached hydrogens (tertiary/aromatic N) is 4. The minimum atomic E-state index is -4.11. The van der Waals surface area contributed by atoms with E-state index in [0.717, 1.165) is 31.4 Å². The van der Waals surface area contributed by atoms with Gasteiger partial charge in [0.25, 0.3) is 0 Å². The Kier molecular flexibility index (Phi) is 5.93. The van der Waals surface area contributed by atoms with E-state index in [-0.39, 0.29) is 17.1 Å². The van der Waals surface area contributed by atoms with Gasteiger partial charge >= 0.3 is 4.71 Å². The van der Waals surface area contributed by atoms with Crippen molar-refractivity contribution >= 4 is 28.2 Å². The number of hydrogen-bond donors (Lipinski definition) is 0. The van der Waals surface area contributed by atoms with Crippen LogP contribution in [-0.4, -0.2) is 13.9 Å². The predicted molar refractivity (Wildman–Crippen MR) is 102 cm³/mol. The number of aromatic nitrogens is 1. The van der Waals surface area contributed by atoms with Gasteiger partial charge in [0.2, 0.25) is 0 Å². The average Bonchev–Trinajstić information content (AvgIpc) is 3.22. The number of halogens is 3. The van der Waals surface area contributed by atoms with Gasteiger partial charge in [0.05, 0.1) is 5.57 Å². The molecule has 0 radical (unpaired) electrons. The first-order valence-corrected chi connectivity index (χ1v) is 10.1. The van der Waals surface area contributed by atoms with Gasteiger partial charge in [-0.1, -0.05) is 18.9 Å². The number of anilines is 1. The summed E-state index contributed by atoms with van der Waals surface area (Å²) in [6, 6.07) is 8.77. The first-order valence-electron chi connectivity index (χ1n) is 8.54.